The molecule has 2 aliphatic heterocycles. The maximum absolute atomic E-state index is 12.3. The number of nitrogens with one attached hydrogen (secondary N) is 1. The Morgan fingerprint density at radius 2 is 2.10 bits per heavy atom. The number of piperidine rings is 2. The van der Waals surface area contributed by atoms with Crippen molar-refractivity contribution < 1.29 is 14.7 Å². The van der Waals surface area contributed by atoms with Crippen molar-refractivity contribution in [2.75, 3.05) is 26.7 Å². The Hall–Kier alpha value is -1.30. The van der Waals surface area contributed by atoms with Gasteiger partial charge in [0.25, 0.3) is 0 Å². The fourth-order valence-corrected chi connectivity index (χ4v) is 3.55. The molecule has 2 amide bonds. The van der Waals surface area contributed by atoms with E-state index in [1.807, 2.05) is 11.8 Å². The number of carboxylic acid groups (broad SMARTS) is 1. The number of carbonyl (C=O) groups is 2. The molecule has 2 N–H and O–H groups in total. The molecule has 6 heteroatoms. The third kappa shape index (κ3) is 4.33. The smallest absolute Gasteiger partial charge is 0.317 e. The molecule has 2 saturated heterocycles. The third-order valence-corrected chi connectivity index (χ3v) is 4.79. The van der Waals surface area contributed by atoms with Crippen molar-refractivity contribution in [2.45, 2.75) is 51.1 Å². The Balaban J connectivity index is 1.80. The van der Waals surface area contributed by atoms with Crippen LogP contribution in [0.4, 0.5) is 4.79 Å². The van der Waals surface area contributed by atoms with Crippen molar-refractivity contribution >= 4 is 12.0 Å². The molecule has 0 aromatic heterocycles. The highest BCUT2D eigenvalue weighted by molar-refractivity contribution is 5.74. The van der Waals surface area contributed by atoms with Crippen LogP contribution in [0.25, 0.3) is 0 Å². The van der Waals surface area contributed by atoms with E-state index in [0.717, 1.165) is 19.5 Å². The Morgan fingerprint density at radius 1 is 1.33 bits per heavy atom. The fraction of sp³-hybridized carbons (Fsp3) is 0.867. The second-order valence-corrected chi connectivity index (χ2v) is 6.47. The van der Waals surface area contributed by atoms with Crippen LogP contribution >= 0.6 is 0 Å². The molecule has 0 bridgehead atoms. The number of hydrogen-bond donors (Lipinski definition) is 2. The van der Waals surface area contributed by atoms with Gasteiger partial charge in [-0.2, -0.15) is 0 Å². The van der Waals surface area contributed by atoms with Gasteiger partial charge >= 0.3 is 12.0 Å². The SMILES string of the molecule is CC(CCC(=O)O)NC(=O)N1CCC2C(CCCN2C)C1. The summed E-state index contributed by atoms with van der Waals surface area (Å²) in [4.78, 5) is 27.1. The molecule has 0 aromatic carbocycles. The average Bonchev–Trinajstić information content (AvgIpc) is 2.45. The summed E-state index contributed by atoms with van der Waals surface area (Å²) in [5.74, 6) is -0.236. The van der Waals surface area contributed by atoms with Crippen LogP contribution in [0.5, 0.6) is 0 Å². The van der Waals surface area contributed by atoms with Gasteiger partial charge in [-0.15, -0.1) is 0 Å². The van der Waals surface area contributed by atoms with Gasteiger partial charge in [0.2, 0.25) is 0 Å². The van der Waals surface area contributed by atoms with Crippen molar-refractivity contribution in [1.29, 1.82) is 0 Å². The van der Waals surface area contributed by atoms with E-state index in [4.69, 9.17) is 5.11 Å². The minimum absolute atomic E-state index is 0.0421. The van der Waals surface area contributed by atoms with Gasteiger partial charge < -0.3 is 20.2 Å². The van der Waals surface area contributed by atoms with E-state index >= 15 is 0 Å². The van der Waals surface area contributed by atoms with E-state index in [0.29, 0.717) is 18.4 Å². The molecular formula is C15H27N3O3. The molecule has 0 saturated carbocycles. The first-order chi connectivity index (χ1) is 9.97. The number of amides is 2. The maximum atomic E-state index is 12.3. The highest BCUT2D eigenvalue weighted by atomic mass is 16.4. The number of carbonyl (C=O) groups excluding carboxylic acids is 1. The van der Waals surface area contributed by atoms with Crippen molar-refractivity contribution in [3.8, 4) is 0 Å². The highest BCUT2D eigenvalue weighted by Gasteiger charge is 2.35. The Kier molecular flexibility index (Phi) is 5.45. The zero-order chi connectivity index (χ0) is 15.4. The Morgan fingerprint density at radius 3 is 2.81 bits per heavy atom. The molecule has 2 aliphatic rings. The van der Waals surface area contributed by atoms with E-state index in [-0.39, 0.29) is 18.5 Å². The summed E-state index contributed by atoms with van der Waals surface area (Å²) in [7, 11) is 2.18. The van der Waals surface area contributed by atoms with Crippen LogP contribution in [-0.2, 0) is 4.79 Å². The predicted octanol–water partition coefficient (Wildman–Crippen LogP) is 1.37. The summed E-state index contributed by atoms with van der Waals surface area (Å²) in [6, 6.07) is 0.479. The molecule has 0 radical (unpaired) electrons. The molecule has 6 nitrogen and oxygen atoms in total. The Labute approximate surface area is 126 Å². The maximum Gasteiger partial charge on any atom is 0.317 e. The number of nitrogens with zero attached hydrogens (tertiary/aromatic N) is 2. The number of fused-ring (bicyclic) bond motifs is 1. The number of hydrogen-bond acceptors (Lipinski definition) is 3. The van der Waals surface area contributed by atoms with E-state index in [9.17, 15) is 9.59 Å². The number of urea groups is 1. The minimum atomic E-state index is -0.817. The lowest BCUT2D eigenvalue weighted by Gasteiger charge is -2.46. The molecule has 2 rings (SSSR count). The molecule has 21 heavy (non-hydrogen) atoms. The van der Waals surface area contributed by atoms with Gasteiger partial charge in [0.1, 0.15) is 0 Å². The predicted molar refractivity (Wildman–Crippen MR) is 80.2 cm³/mol. The standard InChI is InChI=1S/C15H27N3O3/c1-11(5-6-14(19)20)16-15(21)18-9-7-13-12(10-18)4-3-8-17(13)2/h11-13H,3-10H2,1-2H3,(H,16,21)(H,19,20). The number of carboxylic acids is 1. The minimum Gasteiger partial charge on any atom is -0.481 e. The lowest BCUT2D eigenvalue weighted by Crippen LogP contribution is -2.56. The first-order valence-electron chi connectivity index (χ1n) is 7.95. The van der Waals surface area contributed by atoms with Gasteiger partial charge in [-0.05, 0) is 52.1 Å². The summed E-state index contributed by atoms with van der Waals surface area (Å²) >= 11 is 0. The van der Waals surface area contributed by atoms with Gasteiger partial charge in [0.05, 0.1) is 0 Å². The van der Waals surface area contributed by atoms with Crippen molar-refractivity contribution in [2.24, 2.45) is 5.92 Å². The second kappa shape index (κ2) is 7.11. The molecule has 0 aliphatic carbocycles. The molecule has 2 fully saturated rings. The van der Waals surface area contributed by atoms with Gasteiger partial charge in [-0.1, -0.05) is 0 Å². The molecule has 0 spiro atoms. The normalized spacial score (nSPS) is 27.8. The largest absolute Gasteiger partial charge is 0.481 e. The molecule has 3 unspecified atom stereocenters. The van der Waals surface area contributed by atoms with Crippen molar-refractivity contribution in [3.05, 3.63) is 0 Å². The van der Waals surface area contributed by atoms with Crippen LogP contribution in [0.2, 0.25) is 0 Å². The zero-order valence-corrected chi connectivity index (χ0v) is 13.0. The summed E-state index contributed by atoms with van der Waals surface area (Å²) in [5.41, 5.74) is 0. The van der Waals surface area contributed by atoms with Crippen LogP contribution in [-0.4, -0.2) is 65.7 Å². The zero-order valence-electron chi connectivity index (χ0n) is 13.0. The molecule has 120 valence electrons. The van der Waals surface area contributed by atoms with Crippen LogP contribution in [0, 0.1) is 5.92 Å². The molecule has 3 atom stereocenters. The van der Waals surface area contributed by atoms with Crippen LogP contribution in [0.1, 0.15) is 39.0 Å². The summed E-state index contributed by atoms with van der Waals surface area (Å²) in [6.07, 6.45) is 4.02. The van der Waals surface area contributed by atoms with Crippen LogP contribution < -0.4 is 5.32 Å². The number of rotatable bonds is 4. The third-order valence-electron chi connectivity index (χ3n) is 4.79. The summed E-state index contributed by atoms with van der Waals surface area (Å²) < 4.78 is 0. The highest BCUT2D eigenvalue weighted by Crippen LogP contribution is 2.29. The quantitative estimate of drug-likeness (QED) is 0.822. The second-order valence-electron chi connectivity index (χ2n) is 6.47. The van der Waals surface area contributed by atoms with E-state index in [1.54, 1.807) is 0 Å². The molecule has 2 heterocycles. The van der Waals surface area contributed by atoms with Crippen LogP contribution in [0.15, 0.2) is 0 Å². The first kappa shape index (κ1) is 16.1. The average molecular weight is 297 g/mol. The van der Waals surface area contributed by atoms with Crippen molar-refractivity contribution in [3.63, 3.8) is 0 Å². The monoisotopic (exact) mass is 297 g/mol. The van der Waals surface area contributed by atoms with E-state index < -0.39 is 5.97 Å². The topological polar surface area (TPSA) is 72.9 Å². The fourth-order valence-electron chi connectivity index (χ4n) is 3.55. The van der Waals surface area contributed by atoms with E-state index in [2.05, 4.69) is 17.3 Å². The Bertz CT molecular complexity index is 388. The van der Waals surface area contributed by atoms with Gasteiger partial charge in [0.15, 0.2) is 0 Å². The van der Waals surface area contributed by atoms with Gasteiger partial charge in [-0.25, -0.2) is 4.79 Å². The van der Waals surface area contributed by atoms with Crippen molar-refractivity contribution in [1.82, 2.24) is 15.1 Å². The number of likely N-dealkylation sites (tertiary alicyclic amines) is 2. The first-order valence-corrected chi connectivity index (χ1v) is 7.95. The molecular weight excluding hydrogens is 270 g/mol. The molecule has 0 aromatic rings. The lowest BCUT2D eigenvalue weighted by atomic mass is 9.84. The van der Waals surface area contributed by atoms with Gasteiger partial charge in [0, 0.05) is 31.6 Å². The summed E-state index contributed by atoms with van der Waals surface area (Å²) in [5, 5.41) is 11.6. The lowest BCUT2D eigenvalue weighted by molar-refractivity contribution is -0.137. The summed E-state index contributed by atoms with van der Waals surface area (Å²) in [6.45, 7) is 4.65. The van der Waals surface area contributed by atoms with Gasteiger partial charge in [-0.3, -0.25) is 4.79 Å². The van der Waals surface area contributed by atoms with E-state index in [1.165, 1.54) is 19.4 Å². The van der Waals surface area contributed by atoms with Crippen LogP contribution in [0.3, 0.4) is 0 Å². The number of aliphatic carboxylic acids is 1.